The molecule has 0 fully saturated rings. The minimum absolute atomic E-state index is 0.247. The van der Waals surface area contributed by atoms with E-state index in [1.165, 1.54) is 0 Å². The Labute approximate surface area is 112 Å². The van der Waals surface area contributed by atoms with E-state index in [9.17, 15) is 4.79 Å². The average Bonchev–Trinajstić information content (AvgIpc) is 2.29. The van der Waals surface area contributed by atoms with E-state index >= 15 is 0 Å². The normalized spacial score (nSPS) is 10.2. The van der Waals surface area contributed by atoms with E-state index < -0.39 is 5.97 Å². The van der Waals surface area contributed by atoms with Crippen molar-refractivity contribution >= 4 is 33.5 Å². The van der Waals surface area contributed by atoms with Crippen LogP contribution in [0.2, 0.25) is 5.02 Å². The molecule has 2 aromatic carbocycles. The summed E-state index contributed by atoms with van der Waals surface area (Å²) in [5, 5.41) is 9.64. The summed E-state index contributed by atoms with van der Waals surface area (Å²) in [6, 6.07) is 12.2. The molecule has 0 saturated carbocycles. The SMILES string of the molecule is O=C(O)c1ccccc1-c1ccc(Br)cc1Cl. The van der Waals surface area contributed by atoms with Gasteiger partial charge < -0.3 is 5.11 Å². The molecule has 0 aliphatic heterocycles. The zero-order valence-corrected chi connectivity index (χ0v) is 11.0. The summed E-state index contributed by atoms with van der Waals surface area (Å²) in [6.45, 7) is 0. The number of halogens is 2. The van der Waals surface area contributed by atoms with Crippen molar-refractivity contribution in [1.82, 2.24) is 0 Å². The Morgan fingerprint density at radius 3 is 2.47 bits per heavy atom. The van der Waals surface area contributed by atoms with E-state index in [-0.39, 0.29) is 5.56 Å². The van der Waals surface area contributed by atoms with Crippen LogP contribution in [-0.2, 0) is 0 Å². The highest BCUT2D eigenvalue weighted by atomic mass is 79.9. The van der Waals surface area contributed by atoms with Gasteiger partial charge in [-0.3, -0.25) is 0 Å². The summed E-state index contributed by atoms with van der Waals surface area (Å²) in [5.41, 5.74) is 1.59. The van der Waals surface area contributed by atoms with Gasteiger partial charge in [-0.15, -0.1) is 0 Å². The number of hydrogen-bond acceptors (Lipinski definition) is 1. The summed E-state index contributed by atoms with van der Waals surface area (Å²) in [7, 11) is 0. The van der Waals surface area contributed by atoms with Crippen LogP contribution in [0.15, 0.2) is 46.9 Å². The maximum absolute atomic E-state index is 11.1. The van der Waals surface area contributed by atoms with E-state index in [0.717, 1.165) is 4.47 Å². The minimum atomic E-state index is -0.959. The van der Waals surface area contributed by atoms with Gasteiger partial charge in [0.25, 0.3) is 0 Å². The quantitative estimate of drug-likeness (QED) is 0.888. The van der Waals surface area contributed by atoms with Crippen molar-refractivity contribution in [2.45, 2.75) is 0 Å². The number of carboxylic acid groups (broad SMARTS) is 1. The van der Waals surface area contributed by atoms with Crippen LogP contribution < -0.4 is 0 Å². The Morgan fingerprint density at radius 1 is 1.12 bits per heavy atom. The van der Waals surface area contributed by atoms with Crippen molar-refractivity contribution < 1.29 is 9.90 Å². The molecule has 1 N–H and O–H groups in total. The van der Waals surface area contributed by atoms with E-state index in [0.29, 0.717) is 16.1 Å². The lowest BCUT2D eigenvalue weighted by atomic mass is 10.00. The molecule has 0 aliphatic carbocycles. The minimum Gasteiger partial charge on any atom is -0.478 e. The summed E-state index contributed by atoms with van der Waals surface area (Å²) in [4.78, 5) is 11.1. The predicted molar refractivity (Wildman–Crippen MR) is 71.5 cm³/mol. The lowest BCUT2D eigenvalue weighted by molar-refractivity contribution is 0.0698. The largest absolute Gasteiger partial charge is 0.478 e. The van der Waals surface area contributed by atoms with Gasteiger partial charge in [0, 0.05) is 15.1 Å². The van der Waals surface area contributed by atoms with Gasteiger partial charge in [0.2, 0.25) is 0 Å². The molecule has 0 heterocycles. The first-order valence-corrected chi connectivity index (χ1v) is 6.04. The molecule has 0 amide bonds. The molecule has 0 spiro atoms. The molecular weight excluding hydrogens is 303 g/mol. The Morgan fingerprint density at radius 2 is 1.82 bits per heavy atom. The van der Waals surface area contributed by atoms with Crippen molar-refractivity contribution in [1.29, 1.82) is 0 Å². The predicted octanol–water partition coefficient (Wildman–Crippen LogP) is 4.47. The second kappa shape index (κ2) is 4.90. The lowest BCUT2D eigenvalue weighted by Gasteiger charge is -2.08. The molecule has 0 atom stereocenters. The fourth-order valence-electron chi connectivity index (χ4n) is 1.61. The summed E-state index contributed by atoms with van der Waals surface area (Å²) < 4.78 is 0.860. The summed E-state index contributed by atoms with van der Waals surface area (Å²) in [5.74, 6) is -0.959. The molecule has 2 aromatic rings. The number of rotatable bonds is 2. The highest BCUT2D eigenvalue weighted by Gasteiger charge is 2.13. The fourth-order valence-corrected chi connectivity index (χ4v) is 2.39. The Kier molecular flexibility index (Phi) is 3.50. The third-order valence-electron chi connectivity index (χ3n) is 2.38. The molecular formula is C13H8BrClO2. The van der Waals surface area contributed by atoms with Crippen LogP contribution in [0.3, 0.4) is 0 Å². The van der Waals surface area contributed by atoms with Crippen LogP contribution >= 0.6 is 27.5 Å². The molecule has 0 unspecified atom stereocenters. The molecule has 17 heavy (non-hydrogen) atoms. The second-order valence-electron chi connectivity index (χ2n) is 3.47. The molecule has 2 nitrogen and oxygen atoms in total. The van der Waals surface area contributed by atoms with Gasteiger partial charge in [-0.2, -0.15) is 0 Å². The van der Waals surface area contributed by atoms with Crippen molar-refractivity contribution in [2.75, 3.05) is 0 Å². The molecule has 0 aromatic heterocycles. The van der Waals surface area contributed by atoms with Gasteiger partial charge in [-0.05, 0) is 23.8 Å². The maximum Gasteiger partial charge on any atom is 0.336 e. The van der Waals surface area contributed by atoms with Crippen molar-refractivity contribution in [3.05, 3.63) is 57.5 Å². The van der Waals surface area contributed by atoms with Crippen LogP contribution in [0.25, 0.3) is 11.1 Å². The van der Waals surface area contributed by atoms with Gasteiger partial charge in [0.1, 0.15) is 0 Å². The van der Waals surface area contributed by atoms with E-state index in [2.05, 4.69) is 15.9 Å². The topological polar surface area (TPSA) is 37.3 Å². The van der Waals surface area contributed by atoms with Crippen molar-refractivity contribution in [3.63, 3.8) is 0 Å². The monoisotopic (exact) mass is 310 g/mol. The number of carboxylic acids is 1. The molecule has 0 radical (unpaired) electrons. The van der Waals surface area contributed by atoms with Gasteiger partial charge in [-0.25, -0.2) is 4.79 Å². The Balaban J connectivity index is 2.64. The van der Waals surface area contributed by atoms with Crippen LogP contribution in [-0.4, -0.2) is 11.1 Å². The van der Waals surface area contributed by atoms with Gasteiger partial charge in [-0.1, -0.05) is 51.8 Å². The van der Waals surface area contributed by atoms with Crippen LogP contribution in [0.4, 0.5) is 0 Å². The van der Waals surface area contributed by atoms with Gasteiger partial charge >= 0.3 is 5.97 Å². The zero-order valence-electron chi connectivity index (χ0n) is 8.65. The van der Waals surface area contributed by atoms with Crippen molar-refractivity contribution in [3.8, 4) is 11.1 Å². The third-order valence-corrected chi connectivity index (χ3v) is 3.18. The molecule has 86 valence electrons. The van der Waals surface area contributed by atoms with Gasteiger partial charge in [0.15, 0.2) is 0 Å². The number of aromatic carboxylic acids is 1. The van der Waals surface area contributed by atoms with E-state index in [1.807, 2.05) is 6.07 Å². The van der Waals surface area contributed by atoms with Gasteiger partial charge in [0.05, 0.1) is 5.56 Å². The Hall–Kier alpha value is -1.32. The van der Waals surface area contributed by atoms with E-state index in [4.69, 9.17) is 16.7 Å². The molecule has 0 bridgehead atoms. The fraction of sp³-hybridized carbons (Fsp3) is 0. The number of carbonyl (C=O) groups is 1. The third kappa shape index (κ3) is 2.51. The molecule has 0 saturated heterocycles. The second-order valence-corrected chi connectivity index (χ2v) is 4.80. The number of hydrogen-bond donors (Lipinski definition) is 1. The smallest absolute Gasteiger partial charge is 0.336 e. The first kappa shape index (κ1) is 12.1. The van der Waals surface area contributed by atoms with Crippen molar-refractivity contribution in [2.24, 2.45) is 0 Å². The summed E-state index contributed by atoms with van der Waals surface area (Å²) in [6.07, 6.45) is 0. The molecule has 4 heteroatoms. The number of benzene rings is 2. The first-order chi connectivity index (χ1) is 8.09. The van der Waals surface area contributed by atoms with Crippen LogP contribution in [0, 0.1) is 0 Å². The highest BCUT2D eigenvalue weighted by molar-refractivity contribution is 9.10. The lowest BCUT2D eigenvalue weighted by Crippen LogP contribution is -1.99. The first-order valence-electron chi connectivity index (χ1n) is 4.87. The van der Waals surface area contributed by atoms with Crippen LogP contribution in [0.5, 0.6) is 0 Å². The molecule has 0 aliphatic rings. The molecule has 2 rings (SSSR count). The Bertz CT molecular complexity index is 581. The van der Waals surface area contributed by atoms with Crippen LogP contribution in [0.1, 0.15) is 10.4 Å². The maximum atomic E-state index is 11.1. The summed E-state index contributed by atoms with van der Waals surface area (Å²) >= 11 is 9.43. The zero-order chi connectivity index (χ0) is 12.4. The van der Waals surface area contributed by atoms with E-state index in [1.54, 1.807) is 36.4 Å². The highest BCUT2D eigenvalue weighted by Crippen LogP contribution is 2.32. The standard InChI is InChI=1S/C13H8BrClO2/c14-8-5-6-10(12(15)7-8)9-3-1-2-4-11(9)13(16)17/h1-7H,(H,16,17). The average molecular weight is 312 g/mol.